The van der Waals surface area contributed by atoms with Gasteiger partial charge >= 0.3 is 0 Å². The lowest BCUT2D eigenvalue weighted by atomic mass is 10.1. The zero-order valence-corrected chi connectivity index (χ0v) is 14.3. The van der Waals surface area contributed by atoms with Crippen LogP contribution in [-0.2, 0) is 0 Å². The number of amides is 2. The Kier molecular flexibility index (Phi) is 5.71. The number of carbonyl (C=O) groups excluding carboxylic acids is 2. The van der Waals surface area contributed by atoms with E-state index in [0.29, 0.717) is 17.7 Å². The van der Waals surface area contributed by atoms with Crippen molar-refractivity contribution in [1.82, 2.24) is 5.32 Å². The van der Waals surface area contributed by atoms with Crippen molar-refractivity contribution in [2.75, 3.05) is 11.9 Å². The fourth-order valence-corrected chi connectivity index (χ4v) is 2.48. The van der Waals surface area contributed by atoms with Gasteiger partial charge in [0.25, 0.3) is 11.8 Å². The van der Waals surface area contributed by atoms with E-state index < -0.39 is 0 Å². The predicted molar refractivity (Wildman–Crippen MR) is 95.8 cm³/mol. The zero-order chi connectivity index (χ0) is 16.8. The van der Waals surface area contributed by atoms with Crippen molar-refractivity contribution in [3.63, 3.8) is 0 Å². The maximum Gasteiger partial charge on any atom is 0.255 e. The molecule has 4 nitrogen and oxygen atoms in total. The summed E-state index contributed by atoms with van der Waals surface area (Å²) in [6, 6.07) is 12.2. The average Bonchev–Trinajstić information content (AvgIpc) is 2.55. The van der Waals surface area contributed by atoms with E-state index in [1.165, 1.54) is 0 Å². The Labute approximate surface area is 143 Å². The van der Waals surface area contributed by atoms with Gasteiger partial charge in [-0.05, 0) is 55.0 Å². The summed E-state index contributed by atoms with van der Waals surface area (Å²) in [4.78, 5) is 24.1. The third-order valence-electron chi connectivity index (χ3n) is 3.25. The molecule has 0 atom stereocenters. The molecule has 0 aliphatic carbocycles. The standard InChI is InChI=1S/C18H17BrN2O2/c1-3-10-20-17(22)13-4-6-14(7-5-13)18(23)21-16-9-8-15(19)11-12(16)2/h3-9,11H,1,10H2,2H3,(H,20,22)(H,21,23). The minimum absolute atomic E-state index is 0.194. The first-order chi connectivity index (χ1) is 11.0. The molecule has 0 fully saturated rings. The molecule has 23 heavy (non-hydrogen) atoms. The fraction of sp³-hybridized carbons (Fsp3) is 0.111. The van der Waals surface area contributed by atoms with Gasteiger partial charge in [-0.1, -0.05) is 22.0 Å². The summed E-state index contributed by atoms with van der Waals surface area (Å²) in [5.74, 6) is -0.408. The second-order valence-electron chi connectivity index (χ2n) is 4.99. The van der Waals surface area contributed by atoms with Crippen LogP contribution in [0.2, 0.25) is 0 Å². The normalized spacial score (nSPS) is 10.0. The number of aryl methyl sites for hydroxylation is 1. The third kappa shape index (κ3) is 4.53. The highest BCUT2D eigenvalue weighted by Crippen LogP contribution is 2.20. The van der Waals surface area contributed by atoms with Gasteiger partial charge in [-0.3, -0.25) is 9.59 Å². The van der Waals surface area contributed by atoms with Crippen molar-refractivity contribution >= 4 is 33.4 Å². The molecule has 0 bridgehead atoms. The summed E-state index contributed by atoms with van der Waals surface area (Å²) in [7, 11) is 0. The van der Waals surface area contributed by atoms with E-state index in [9.17, 15) is 9.59 Å². The van der Waals surface area contributed by atoms with Crippen molar-refractivity contribution in [2.24, 2.45) is 0 Å². The Morgan fingerprint density at radius 3 is 2.26 bits per heavy atom. The highest BCUT2D eigenvalue weighted by Gasteiger charge is 2.10. The van der Waals surface area contributed by atoms with Gasteiger partial charge in [-0.2, -0.15) is 0 Å². The molecule has 0 unspecified atom stereocenters. The fourth-order valence-electron chi connectivity index (χ4n) is 2.00. The van der Waals surface area contributed by atoms with Crippen LogP contribution in [0.4, 0.5) is 5.69 Å². The molecule has 0 aliphatic heterocycles. The molecule has 0 aromatic heterocycles. The van der Waals surface area contributed by atoms with Gasteiger partial charge in [0.1, 0.15) is 0 Å². The van der Waals surface area contributed by atoms with E-state index in [4.69, 9.17) is 0 Å². The predicted octanol–water partition coefficient (Wildman–Crippen LogP) is 3.93. The summed E-state index contributed by atoms with van der Waals surface area (Å²) in [5, 5.41) is 5.55. The molecule has 118 valence electrons. The van der Waals surface area contributed by atoms with Crippen LogP contribution < -0.4 is 10.6 Å². The first-order valence-electron chi connectivity index (χ1n) is 7.08. The van der Waals surface area contributed by atoms with Crippen LogP contribution in [0.25, 0.3) is 0 Å². The van der Waals surface area contributed by atoms with E-state index in [1.807, 2.05) is 25.1 Å². The number of hydrogen-bond donors (Lipinski definition) is 2. The lowest BCUT2D eigenvalue weighted by molar-refractivity contribution is 0.0956. The van der Waals surface area contributed by atoms with Gasteiger partial charge < -0.3 is 10.6 Å². The summed E-state index contributed by atoms with van der Waals surface area (Å²) in [6.45, 7) is 5.88. The molecule has 0 saturated heterocycles. The van der Waals surface area contributed by atoms with Gasteiger partial charge in [-0.25, -0.2) is 0 Å². The molecular weight excluding hydrogens is 356 g/mol. The Morgan fingerprint density at radius 1 is 1.09 bits per heavy atom. The van der Waals surface area contributed by atoms with E-state index in [2.05, 4.69) is 33.1 Å². The van der Waals surface area contributed by atoms with Crippen LogP contribution in [0.1, 0.15) is 26.3 Å². The molecule has 2 aromatic rings. The van der Waals surface area contributed by atoms with Crippen LogP contribution in [0.15, 0.2) is 59.6 Å². The summed E-state index contributed by atoms with van der Waals surface area (Å²) < 4.78 is 0.961. The van der Waals surface area contributed by atoms with E-state index >= 15 is 0 Å². The molecule has 2 amide bonds. The highest BCUT2D eigenvalue weighted by molar-refractivity contribution is 9.10. The van der Waals surface area contributed by atoms with Crippen LogP contribution in [0, 0.1) is 6.92 Å². The lowest BCUT2D eigenvalue weighted by Crippen LogP contribution is -2.23. The maximum atomic E-state index is 12.3. The van der Waals surface area contributed by atoms with Gasteiger partial charge in [0.2, 0.25) is 0 Å². The van der Waals surface area contributed by atoms with Gasteiger partial charge in [-0.15, -0.1) is 6.58 Å². The SMILES string of the molecule is C=CCNC(=O)c1ccc(C(=O)Nc2ccc(Br)cc2C)cc1. The Morgan fingerprint density at radius 2 is 1.70 bits per heavy atom. The second-order valence-corrected chi connectivity index (χ2v) is 5.91. The zero-order valence-electron chi connectivity index (χ0n) is 12.7. The molecule has 2 N–H and O–H groups in total. The molecule has 0 radical (unpaired) electrons. The van der Waals surface area contributed by atoms with Crippen molar-refractivity contribution in [1.29, 1.82) is 0 Å². The summed E-state index contributed by atoms with van der Waals surface area (Å²) >= 11 is 3.39. The number of rotatable bonds is 5. The lowest BCUT2D eigenvalue weighted by Gasteiger charge is -2.09. The molecule has 0 spiro atoms. The first-order valence-corrected chi connectivity index (χ1v) is 7.87. The largest absolute Gasteiger partial charge is 0.349 e. The maximum absolute atomic E-state index is 12.3. The van der Waals surface area contributed by atoms with Crippen LogP contribution >= 0.6 is 15.9 Å². The minimum atomic E-state index is -0.214. The average molecular weight is 373 g/mol. The van der Waals surface area contributed by atoms with Gasteiger partial charge in [0.15, 0.2) is 0 Å². The van der Waals surface area contributed by atoms with Crippen molar-refractivity contribution in [2.45, 2.75) is 6.92 Å². The highest BCUT2D eigenvalue weighted by atomic mass is 79.9. The topological polar surface area (TPSA) is 58.2 Å². The monoisotopic (exact) mass is 372 g/mol. The molecule has 0 heterocycles. The molecular formula is C18H17BrN2O2. The number of halogens is 1. The van der Waals surface area contributed by atoms with Crippen LogP contribution in [-0.4, -0.2) is 18.4 Å². The quantitative estimate of drug-likeness (QED) is 0.781. The van der Waals surface area contributed by atoms with Crippen molar-refractivity contribution in [3.8, 4) is 0 Å². The first kappa shape index (κ1) is 17.0. The Hall–Kier alpha value is -2.40. The number of carbonyl (C=O) groups is 2. The number of nitrogens with one attached hydrogen (secondary N) is 2. The molecule has 2 rings (SSSR count). The number of anilines is 1. The molecule has 2 aromatic carbocycles. The van der Waals surface area contributed by atoms with Crippen molar-refractivity contribution < 1.29 is 9.59 Å². The Bertz CT molecular complexity index is 739. The minimum Gasteiger partial charge on any atom is -0.349 e. The Balaban J connectivity index is 2.08. The van der Waals surface area contributed by atoms with Gasteiger partial charge in [0, 0.05) is 27.8 Å². The van der Waals surface area contributed by atoms with Crippen LogP contribution in [0.3, 0.4) is 0 Å². The molecule has 5 heteroatoms. The summed E-state index contributed by atoms with van der Waals surface area (Å²) in [5.41, 5.74) is 2.72. The van der Waals surface area contributed by atoms with Crippen LogP contribution in [0.5, 0.6) is 0 Å². The summed E-state index contributed by atoms with van der Waals surface area (Å²) in [6.07, 6.45) is 1.61. The molecule has 0 aliphatic rings. The smallest absolute Gasteiger partial charge is 0.255 e. The number of benzene rings is 2. The second kappa shape index (κ2) is 7.74. The third-order valence-corrected chi connectivity index (χ3v) is 3.75. The molecule has 0 saturated carbocycles. The van der Waals surface area contributed by atoms with E-state index in [1.54, 1.807) is 30.3 Å². The van der Waals surface area contributed by atoms with E-state index in [-0.39, 0.29) is 11.8 Å². The van der Waals surface area contributed by atoms with Crippen molar-refractivity contribution in [3.05, 3.63) is 76.3 Å². The van der Waals surface area contributed by atoms with E-state index in [0.717, 1.165) is 15.7 Å². The van der Waals surface area contributed by atoms with Gasteiger partial charge in [0.05, 0.1) is 0 Å². The number of hydrogen-bond acceptors (Lipinski definition) is 2.